The van der Waals surface area contributed by atoms with Crippen molar-refractivity contribution in [3.8, 4) is 6.19 Å². The van der Waals surface area contributed by atoms with Crippen LogP contribution in [0.15, 0.2) is 18.2 Å². The average molecular weight is 171 g/mol. The zero-order chi connectivity index (χ0) is 8.27. The van der Waals surface area contributed by atoms with Gasteiger partial charge >= 0.3 is 0 Å². The van der Waals surface area contributed by atoms with Gasteiger partial charge in [-0.1, -0.05) is 11.6 Å². The van der Waals surface area contributed by atoms with E-state index in [1.54, 1.807) is 6.19 Å². The van der Waals surface area contributed by atoms with E-state index in [1.165, 1.54) is 18.2 Å². The van der Waals surface area contributed by atoms with Gasteiger partial charge in [-0.25, -0.2) is 4.39 Å². The van der Waals surface area contributed by atoms with E-state index < -0.39 is 5.82 Å². The summed E-state index contributed by atoms with van der Waals surface area (Å²) in [6.07, 6.45) is 1.70. The number of hydrogen-bond acceptors (Lipinski definition) is 2. The number of nitrogens with one attached hydrogen (secondary N) is 1. The molecule has 0 heterocycles. The normalized spacial score (nSPS) is 8.82. The van der Waals surface area contributed by atoms with Gasteiger partial charge in [0.1, 0.15) is 5.82 Å². The van der Waals surface area contributed by atoms with Crippen molar-refractivity contribution in [2.24, 2.45) is 0 Å². The van der Waals surface area contributed by atoms with Gasteiger partial charge in [-0.15, -0.1) is 0 Å². The Morgan fingerprint density at radius 3 is 2.82 bits per heavy atom. The van der Waals surface area contributed by atoms with Crippen LogP contribution >= 0.6 is 11.6 Å². The van der Waals surface area contributed by atoms with E-state index >= 15 is 0 Å². The minimum Gasteiger partial charge on any atom is -0.293 e. The zero-order valence-corrected chi connectivity index (χ0v) is 6.19. The summed E-state index contributed by atoms with van der Waals surface area (Å²) in [5.74, 6) is -0.491. The molecule has 0 aliphatic heterocycles. The van der Waals surface area contributed by atoms with E-state index in [9.17, 15) is 4.39 Å². The van der Waals surface area contributed by atoms with Crippen molar-refractivity contribution in [2.45, 2.75) is 0 Å². The van der Waals surface area contributed by atoms with Gasteiger partial charge < -0.3 is 0 Å². The molecular formula is C7H4ClFN2. The summed E-state index contributed by atoms with van der Waals surface area (Å²) in [5, 5.41) is 10.5. The Morgan fingerprint density at radius 1 is 1.55 bits per heavy atom. The molecule has 4 heteroatoms. The van der Waals surface area contributed by atoms with Crippen molar-refractivity contribution in [3.05, 3.63) is 29.0 Å². The minimum atomic E-state index is -0.491. The molecule has 0 fully saturated rings. The minimum absolute atomic E-state index is 0.00486. The monoisotopic (exact) mass is 170 g/mol. The van der Waals surface area contributed by atoms with Gasteiger partial charge in [0.2, 0.25) is 0 Å². The van der Waals surface area contributed by atoms with Gasteiger partial charge in [0.15, 0.2) is 6.19 Å². The maximum absolute atomic E-state index is 12.5. The van der Waals surface area contributed by atoms with Gasteiger partial charge in [0.05, 0.1) is 5.02 Å². The van der Waals surface area contributed by atoms with Gasteiger partial charge in [0, 0.05) is 5.69 Å². The Morgan fingerprint density at radius 2 is 2.27 bits per heavy atom. The van der Waals surface area contributed by atoms with Gasteiger partial charge in [0.25, 0.3) is 0 Å². The maximum atomic E-state index is 12.5. The van der Waals surface area contributed by atoms with Crippen LogP contribution in [0.4, 0.5) is 10.1 Å². The zero-order valence-electron chi connectivity index (χ0n) is 5.44. The van der Waals surface area contributed by atoms with Crippen LogP contribution in [0.25, 0.3) is 0 Å². The van der Waals surface area contributed by atoms with Gasteiger partial charge in [-0.05, 0) is 18.2 Å². The van der Waals surface area contributed by atoms with Crippen LogP contribution in [0.2, 0.25) is 5.02 Å². The third-order valence-corrected chi connectivity index (χ3v) is 1.41. The van der Waals surface area contributed by atoms with Crippen molar-refractivity contribution in [1.29, 1.82) is 5.26 Å². The van der Waals surface area contributed by atoms with E-state index in [4.69, 9.17) is 16.9 Å². The molecule has 0 unspecified atom stereocenters. The smallest absolute Gasteiger partial charge is 0.181 e. The van der Waals surface area contributed by atoms with Crippen molar-refractivity contribution in [3.63, 3.8) is 0 Å². The first kappa shape index (κ1) is 7.83. The number of anilines is 1. The van der Waals surface area contributed by atoms with Crippen LogP contribution in [-0.2, 0) is 0 Å². The fraction of sp³-hybridized carbons (Fsp3) is 0. The second-order valence-corrected chi connectivity index (χ2v) is 2.27. The maximum Gasteiger partial charge on any atom is 0.181 e. The standard InChI is InChI=1S/C7H4ClFN2/c8-6-3-5(11-4-10)1-2-7(6)9/h1-3,11H. The first-order chi connectivity index (χ1) is 5.24. The second kappa shape index (κ2) is 3.22. The molecule has 0 amide bonds. The van der Waals surface area contributed by atoms with E-state index in [-0.39, 0.29) is 5.02 Å². The molecule has 0 atom stereocenters. The molecule has 1 N–H and O–H groups in total. The van der Waals surface area contributed by atoms with Crippen LogP contribution in [0.3, 0.4) is 0 Å². The Labute approximate surface area is 68.2 Å². The van der Waals surface area contributed by atoms with E-state index in [0.29, 0.717) is 5.69 Å². The fourth-order valence-electron chi connectivity index (χ4n) is 0.638. The third-order valence-electron chi connectivity index (χ3n) is 1.12. The number of rotatable bonds is 1. The number of nitrogens with zero attached hydrogens (tertiary/aromatic N) is 1. The lowest BCUT2D eigenvalue weighted by Gasteiger charge is -1.97. The Bertz CT molecular complexity index is 306. The first-order valence-corrected chi connectivity index (χ1v) is 3.22. The SMILES string of the molecule is N#CNc1ccc(F)c(Cl)c1. The summed E-state index contributed by atoms with van der Waals surface area (Å²) < 4.78 is 12.5. The molecule has 0 saturated heterocycles. The molecule has 0 aliphatic carbocycles. The van der Waals surface area contributed by atoms with Crippen molar-refractivity contribution >= 4 is 17.3 Å². The highest BCUT2D eigenvalue weighted by Crippen LogP contribution is 2.18. The van der Waals surface area contributed by atoms with E-state index in [0.717, 1.165) is 0 Å². The summed E-state index contributed by atoms with van der Waals surface area (Å²) in [6, 6.07) is 3.98. The summed E-state index contributed by atoms with van der Waals surface area (Å²) in [6.45, 7) is 0. The third kappa shape index (κ3) is 1.82. The van der Waals surface area contributed by atoms with Crippen LogP contribution < -0.4 is 5.32 Å². The van der Waals surface area contributed by atoms with Crippen LogP contribution in [0.1, 0.15) is 0 Å². The quantitative estimate of drug-likeness (QED) is 0.519. The van der Waals surface area contributed by atoms with Crippen molar-refractivity contribution < 1.29 is 4.39 Å². The lowest BCUT2D eigenvalue weighted by atomic mass is 10.3. The van der Waals surface area contributed by atoms with Gasteiger partial charge in [-0.2, -0.15) is 5.26 Å². The molecule has 0 aromatic heterocycles. The van der Waals surface area contributed by atoms with Crippen molar-refractivity contribution in [1.82, 2.24) is 0 Å². The molecule has 56 valence electrons. The Balaban J connectivity index is 2.98. The van der Waals surface area contributed by atoms with Crippen LogP contribution in [0.5, 0.6) is 0 Å². The van der Waals surface area contributed by atoms with Crippen LogP contribution in [-0.4, -0.2) is 0 Å². The molecule has 2 nitrogen and oxygen atoms in total. The number of nitriles is 1. The number of benzene rings is 1. The predicted molar refractivity (Wildman–Crippen MR) is 40.6 cm³/mol. The molecule has 0 spiro atoms. The predicted octanol–water partition coefficient (Wildman–Crippen LogP) is 2.37. The largest absolute Gasteiger partial charge is 0.293 e. The molecular weight excluding hydrogens is 167 g/mol. The molecule has 1 aromatic carbocycles. The number of hydrogen-bond donors (Lipinski definition) is 1. The summed E-state index contributed by atoms with van der Waals surface area (Å²) in [5.41, 5.74) is 0.485. The second-order valence-electron chi connectivity index (χ2n) is 1.87. The lowest BCUT2D eigenvalue weighted by molar-refractivity contribution is 0.628. The molecule has 1 aromatic rings. The molecule has 0 radical (unpaired) electrons. The highest BCUT2D eigenvalue weighted by atomic mass is 35.5. The summed E-state index contributed by atoms with van der Waals surface area (Å²) in [4.78, 5) is 0. The first-order valence-electron chi connectivity index (χ1n) is 2.84. The van der Waals surface area contributed by atoms with Gasteiger partial charge in [-0.3, -0.25) is 5.32 Å². The number of halogens is 2. The summed E-state index contributed by atoms with van der Waals surface area (Å²) >= 11 is 5.43. The molecule has 1 rings (SSSR count). The van der Waals surface area contributed by atoms with E-state index in [1.807, 2.05) is 0 Å². The fourth-order valence-corrected chi connectivity index (χ4v) is 0.819. The molecule has 0 bridgehead atoms. The highest BCUT2D eigenvalue weighted by Gasteiger charge is 1.98. The van der Waals surface area contributed by atoms with Crippen molar-refractivity contribution in [2.75, 3.05) is 5.32 Å². The average Bonchev–Trinajstić information content (AvgIpc) is 1.98. The molecule has 11 heavy (non-hydrogen) atoms. The van der Waals surface area contributed by atoms with E-state index in [2.05, 4.69) is 5.32 Å². The molecule has 0 aliphatic rings. The lowest BCUT2D eigenvalue weighted by Crippen LogP contribution is -1.87. The Hall–Kier alpha value is -1.27. The van der Waals surface area contributed by atoms with Crippen LogP contribution in [0, 0.1) is 17.3 Å². The highest BCUT2D eigenvalue weighted by molar-refractivity contribution is 6.31. The molecule has 0 saturated carbocycles. The summed E-state index contributed by atoms with van der Waals surface area (Å²) in [7, 11) is 0. The topological polar surface area (TPSA) is 35.8 Å². The Kier molecular flexibility index (Phi) is 2.29.